The normalized spacial score (nSPS) is 21.0. The Balaban J connectivity index is 2.10. The molecule has 2 rings (SSSR count). The van der Waals surface area contributed by atoms with Crippen LogP contribution in [0.5, 0.6) is 0 Å². The maximum absolute atomic E-state index is 12.3. The number of anilines is 1. The van der Waals surface area contributed by atoms with Crippen molar-refractivity contribution in [1.82, 2.24) is 0 Å². The molecular formula is C10H9F3N2. The molecule has 0 spiro atoms. The van der Waals surface area contributed by atoms with Crippen LogP contribution in [-0.4, -0.2) is 25.1 Å². The van der Waals surface area contributed by atoms with Crippen molar-refractivity contribution in [3.8, 4) is 0 Å². The Morgan fingerprint density at radius 3 is 2.40 bits per heavy atom. The maximum atomic E-state index is 12.3. The maximum Gasteiger partial charge on any atom is 0.412 e. The van der Waals surface area contributed by atoms with Gasteiger partial charge in [0.05, 0.1) is 12.9 Å². The van der Waals surface area contributed by atoms with Gasteiger partial charge in [-0.1, -0.05) is 18.2 Å². The Bertz CT molecular complexity index is 359. The predicted octanol–water partition coefficient (Wildman–Crippen LogP) is 2.47. The van der Waals surface area contributed by atoms with E-state index in [2.05, 4.69) is 4.99 Å². The fraction of sp³-hybridized carbons (Fsp3) is 0.300. The first kappa shape index (κ1) is 10.0. The molecule has 0 amide bonds. The molecule has 0 N–H and O–H groups in total. The molecule has 0 aliphatic carbocycles. The first-order valence-corrected chi connectivity index (χ1v) is 4.49. The number of halogens is 3. The van der Waals surface area contributed by atoms with Gasteiger partial charge in [0.1, 0.15) is 0 Å². The molecule has 2 nitrogen and oxygen atoms in total. The van der Waals surface area contributed by atoms with Gasteiger partial charge in [0, 0.05) is 5.69 Å². The highest BCUT2D eigenvalue weighted by Gasteiger charge is 2.42. The van der Waals surface area contributed by atoms with Gasteiger partial charge < -0.3 is 4.90 Å². The minimum atomic E-state index is -4.25. The van der Waals surface area contributed by atoms with Gasteiger partial charge in [0.15, 0.2) is 6.04 Å². The highest BCUT2D eigenvalue weighted by Crippen LogP contribution is 2.27. The highest BCUT2D eigenvalue weighted by molar-refractivity contribution is 5.81. The Kier molecular flexibility index (Phi) is 2.38. The first-order chi connectivity index (χ1) is 7.07. The largest absolute Gasteiger partial charge is 0.412 e. The van der Waals surface area contributed by atoms with Gasteiger partial charge in [-0.05, 0) is 12.1 Å². The molecular weight excluding hydrogens is 205 g/mol. The summed E-state index contributed by atoms with van der Waals surface area (Å²) in [5, 5.41) is 0. The van der Waals surface area contributed by atoms with E-state index in [9.17, 15) is 13.2 Å². The zero-order valence-corrected chi connectivity index (χ0v) is 7.78. The van der Waals surface area contributed by atoms with Gasteiger partial charge in [-0.25, -0.2) is 0 Å². The van der Waals surface area contributed by atoms with Crippen molar-refractivity contribution in [2.75, 3.05) is 11.4 Å². The van der Waals surface area contributed by atoms with Crippen molar-refractivity contribution in [3.63, 3.8) is 0 Å². The molecule has 5 heteroatoms. The number of alkyl halides is 3. The molecule has 0 bridgehead atoms. The lowest BCUT2D eigenvalue weighted by atomic mass is 10.2. The minimum Gasteiger partial charge on any atom is -0.330 e. The van der Waals surface area contributed by atoms with E-state index in [1.807, 2.05) is 6.07 Å². The number of rotatable bonds is 1. The van der Waals surface area contributed by atoms with Crippen LogP contribution >= 0.6 is 0 Å². The van der Waals surface area contributed by atoms with E-state index in [1.54, 1.807) is 24.3 Å². The van der Waals surface area contributed by atoms with Crippen molar-refractivity contribution in [2.45, 2.75) is 12.2 Å². The molecule has 1 unspecified atom stereocenters. The average Bonchev–Trinajstić information content (AvgIpc) is 2.67. The number of hydrogen-bond acceptors (Lipinski definition) is 2. The monoisotopic (exact) mass is 214 g/mol. The third kappa shape index (κ3) is 2.11. The molecule has 1 aromatic rings. The second-order valence-electron chi connectivity index (χ2n) is 3.31. The fourth-order valence-electron chi connectivity index (χ4n) is 1.42. The standard InChI is InChI=1S/C10H9F3N2/c11-10(12,13)9-6-15(7-14-9)8-4-2-1-3-5-8/h1-5,7,9H,6H2. The van der Waals surface area contributed by atoms with Gasteiger partial charge in [-0.2, -0.15) is 13.2 Å². The van der Waals surface area contributed by atoms with Crippen molar-refractivity contribution >= 4 is 12.0 Å². The van der Waals surface area contributed by atoms with Gasteiger partial charge in [0.2, 0.25) is 0 Å². The topological polar surface area (TPSA) is 15.6 Å². The molecule has 80 valence electrons. The van der Waals surface area contributed by atoms with Crippen molar-refractivity contribution in [1.29, 1.82) is 0 Å². The van der Waals surface area contributed by atoms with Crippen molar-refractivity contribution in [3.05, 3.63) is 30.3 Å². The third-order valence-corrected chi connectivity index (χ3v) is 2.22. The first-order valence-electron chi connectivity index (χ1n) is 4.49. The van der Waals surface area contributed by atoms with Crippen LogP contribution in [0.2, 0.25) is 0 Å². The van der Waals surface area contributed by atoms with Gasteiger partial charge >= 0.3 is 6.18 Å². The zero-order valence-electron chi connectivity index (χ0n) is 7.78. The smallest absolute Gasteiger partial charge is 0.330 e. The van der Waals surface area contributed by atoms with Gasteiger partial charge in [-0.3, -0.25) is 4.99 Å². The van der Waals surface area contributed by atoms with Gasteiger partial charge in [0.25, 0.3) is 0 Å². The van der Waals surface area contributed by atoms with Crippen LogP contribution < -0.4 is 4.90 Å². The molecule has 0 saturated carbocycles. The summed E-state index contributed by atoms with van der Waals surface area (Å²) in [5.74, 6) is 0. The average molecular weight is 214 g/mol. The third-order valence-electron chi connectivity index (χ3n) is 2.22. The van der Waals surface area contributed by atoms with E-state index in [0.29, 0.717) is 0 Å². The Morgan fingerprint density at radius 1 is 1.20 bits per heavy atom. The van der Waals surface area contributed by atoms with E-state index in [1.165, 1.54) is 11.2 Å². The lowest BCUT2D eigenvalue weighted by molar-refractivity contribution is -0.142. The second-order valence-corrected chi connectivity index (χ2v) is 3.31. The minimum absolute atomic E-state index is 0.131. The fourth-order valence-corrected chi connectivity index (χ4v) is 1.42. The Hall–Kier alpha value is -1.52. The van der Waals surface area contributed by atoms with E-state index in [4.69, 9.17) is 0 Å². The zero-order chi connectivity index (χ0) is 10.9. The summed E-state index contributed by atoms with van der Waals surface area (Å²) in [7, 11) is 0. The molecule has 1 aliphatic heterocycles. The van der Waals surface area contributed by atoms with Crippen molar-refractivity contribution < 1.29 is 13.2 Å². The highest BCUT2D eigenvalue weighted by atomic mass is 19.4. The molecule has 0 aromatic heterocycles. The summed E-state index contributed by atoms with van der Waals surface area (Å²) in [6.07, 6.45) is -3.01. The van der Waals surface area contributed by atoms with Crippen molar-refractivity contribution in [2.24, 2.45) is 4.99 Å². The number of benzene rings is 1. The summed E-state index contributed by atoms with van der Waals surface area (Å²) < 4.78 is 36.9. The van der Waals surface area contributed by atoms with Crippen LogP contribution in [0.25, 0.3) is 0 Å². The predicted molar refractivity (Wildman–Crippen MR) is 52.1 cm³/mol. The number of hydrogen-bond donors (Lipinski definition) is 0. The SMILES string of the molecule is FC(F)(F)C1CN(c2ccccc2)C=N1. The van der Waals surface area contributed by atoms with Crippen LogP contribution in [0.3, 0.4) is 0 Å². The summed E-state index contributed by atoms with van der Waals surface area (Å²) in [6.45, 7) is -0.131. The molecule has 1 atom stereocenters. The molecule has 1 aromatic carbocycles. The second kappa shape index (κ2) is 3.56. The molecule has 0 fully saturated rings. The number of aliphatic imine (C=N–C) groups is 1. The molecule has 1 heterocycles. The summed E-state index contributed by atoms with van der Waals surface area (Å²) in [6, 6.07) is 7.29. The molecule has 1 aliphatic rings. The summed E-state index contributed by atoms with van der Waals surface area (Å²) in [4.78, 5) is 4.94. The van der Waals surface area contributed by atoms with Crippen LogP contribution in [-0.2, 0) is 0 Å². The van der Waals surface area contributed by atoms with E-state index in [0.717, 1.165) is 5.69 Å². The quantitative estimate of drug-likeness (QED) is 0.701. The van der Waals surface area contributed by atoms with E-state index >= 15 is 0 Å². The summed E-state index contributed by atoms with van der Waals surface area (Å²) in [5.41, 5.74) is 0.730. The van der Waals surface area contributed by atoms with Crippen LogP contribution in [0, 0.1) is 0 Å². The van der Waals surface area contributed by atoms with Gasteiger partial charge in [-0.15, -0.1) is 0 Å². The van der Waals surface area contributed by atoms with Crippen LogP contribution in [0.1, 0.15) is 0 Å². The number of para-hydroxylation sites is 1. The Labute approximate surface area is 85.0 Å². The molecule has 0 radical (unpaired) electrons. The van der Waals surface area contributed by atoms with Crippen LogP contribution in [0.4, 0.5) is 18.9 Å². The van der Waals surface area contributed by atoms with E-state index in [-0.39, 0.29) is 6.54 Å². The summed E-state index contributed by atoms with van der Waals surface area (Å²) >= 11 is 0. The lowest BCUT2D eigenvalue weighted by Gasteiger charge is -2.17. The van der Waals surface area contributed by atoms with Crippen LogP contribution in [0.15, 0.2) is 35.3 Å². The van der Waals surface area contributed by atoms with E-state index < -0.39 is 12.2 Å². The molecule has 15 heavy (non-hydrogen) atoms. The number of nitrogens with zero attached hydrogens (tertiary/aromatic N) is 2. The molecule has 0 saturated heterocycles. The lowest BCUT2D eigenvalue weighted by Crippen LogP contribution is -2.33. The Morgan fingerprint density at radius 2 is 1.87 bits per heavy atom.